The van der Waals surface area contributed by atoms with Gasteiger partial charge >= 0.3 is 5.69 Å². The highest BCUT2D eigenvalue weighted by molar-refractivity contribution is 7.84. The Labute approximate surface area is 141 Å². The molecule has 0 amide bonds. The first kappa shape index (κ1) is 15.5. The summed E-state index contributed by atoms with van der Waals surface area (Å²) in [6.07, 6.45) is 0. The molecule has 1 atom stereocenters. The molecule has 0 saturated carbocycles. The Morgan fingerprint density at radius 2 is 1.95 bits per heavy atom. The molecule has 3 rings (SSSR count). The maximum absolute atomic E-state index is 12.5. The van der Waals surface area contributed by atoms with Gasteiger partial charge in [0.1, 0.15) is 4.83 Å². The van der Waals surface area contributed by atoms with Crippen LogP contribution in [-0.4, -0.2) is 20.6 Å². The third-order valence-corrected chi connectivity index (χ3v) is 5.51. The van der Waals surface area contributed by atoms with Crippen molar-refractivity contribution >= 4 is 46.8 Å². The molecule has 4 nitrogen and oxygen atoms in total. The van der Waals surface area contributed by atoms with Crippen molar-refractivity contribution in [2.24, 2.45) is 0 Å². The number of rotatable bonds is 4. The van der Waals surface area contributed by atoms with Crippen molar-refractivity contribution in [3.63, 3.8) is 0 Å². The van der Waals surface area contributed by atoms with Crippen LogP contribution in [0.2, 0.25) is 0 Å². The highest BCUT2D eigenvalue weighted by atomic mass is 32.1. The summed E-state index contributed by atoms with van der Waals surface area (Å²) in [6.45, 7) is 0.243. The molecule has 0 aliphatic heterocycles. The van der Waals surface area contributed by atoms with Crippen molar-refractivity contribution < 1.29 is 0 Å². The Kier molecular flexibility index (Phi) is 4.46. The summed E-state index contributed by atoms with van der Waals surface area (Å²) in [7, 11) is 0. The Balaban J connectivity index is 2.15. The maximum Gasteiger partial charge on any atom is 0.329 e. The molecule has 114 valence electrons. The van der Waals surface area contributed by atoms with E-state index in [0.717, 1.165) is 10.4 Å². The number of H-pyrrole nitrogens is 1. The second kappa shape index (κ2) is 6.36. The quantitative estimate of drug-likeness (QED) is 0.634. The van der Waals surface area contributed by atoms with Gasteiger partial charge in [0.2, 0.25) is 0 Å². The maximum atomic E-state index is 12.5. The molecule has 0 unspecified atom stereocenters. The molecule has 0 saturated heterocycles. The van der Waals surface area contributed by atoms with E-state index in [-0.39, 0.29) is 17.4 Å². The van der Waals surface area contributed by atoms with E-state index in [1.54, 1.807) is 0 Å². The van der Waals surface area contributed by atoms with Crippen LogP contribution in [0, 0.1) is 0 Å². The predicted octanol–water partition coefficient (Wildman–Crippen LogP) is 2.65. The SMILES string of the molecule is O=c1[nH]c2sc(-c3ccccc3)cc2c(=O)n1C[C@@H](S)CS. The molecular formula is C15H14N2O2S3. The molecule has 0 aliphatic rings. The van der Waals surface area contributed by atoms with Crippen molar-refractivity contribution in [3.8, 4) is 10.4 Å². The van der Waals surface area contributed by atoms with E-state index in [2.05, 4.69) is 30.2 Å². The molecule has 1 N–H and O–H groups in total. The van der Waals surface area contributed by atoms with Crippen LogP contribution < -0.4 is 11.2 Å². The number of nitrogens with zero attached hydrogens (tertiary/aromatic N) is 1. The van der Waals surface area contributed by atoms with Crippen molar-refractivity contribution in [2.75, 3.05) is 5.75 Å². The molecule has 22 heavy (non-hydrogen) atoms. The third-order valence-electron chi connectivity index (χ3n) is 3.34. The van der Waals surface area contributed by atoms with Gasteiger partial charge in [-0.05, 0) is 11.6 Å². The number of benzene rings is 1. The number of nitrogens with one attached hydrogen (secondary N) is 1. The van der Waals surface area contributed by atoms with Crippen molar-refractivity contribution in [1.29, 1.82) is 0 Å². The normalized spacial score (nSPS) is 12.6. The van der Waals surface area contributed by atoms with Gasteiger partial charge in [-0.2, -0.15) is 25.3 Å². The zero-order valence-corrected chi connectivity index (χ0v) is 14.1. The lowest BCUT2D eigenvalue weighted by molar-refractivity contribution is 0.640. The predicted molar refractivity (Wildman–Crippen MR) is 98.8 cm³/mol. The number of hydrogen-bond acceptors (Lipinski definition) is 5. The van der Waals surface area contributed by atoms with E-state index in [1.165, 1.54) is 15.9 Å². The minimum Gasteiger partial charge on any atom is -0.298 e. The first-order chi connectivity index (χ1) is 10.6. The van der Waals surface area contributed by atoms with Crippen LogP contribution in [0.1, 0.15) is 0 Å². The van der Waals surface area contributed by atoms with Crippen LogP contribution in [0.5, 0.6) is 0 Å². The van der Waals surface area contributed by atoms with E-state index in [0.29, 0.717) is 16.0 Å². The smallest absolute Gasteiger partial charge is 0.298 e. The van der Waals surface area contributed by atoms with Crippen molar-refractivity contribution in [2.45, 2.75) is 11.8 Å². The average molecular weight is 350 g/mol. The fourth-order valence-electron chi connectivity index (χ4n) is 2.22. The highest BCUT2D eigenvalue weighted by Crippen LogP contribution is 2.30. The number of thiol groups is 2. The molecule has 2 aromatic heterocycles. The van der Waals surface area contributed by atoms with Crippen LogP contribution >= 0.6 is 36.6 Å². The lowest BCUT2D eigenvalue weighted by atomic mass is 10.2. The largest absolute Gasteiger partial charge is 0.329 e. The topological polar surface area (TPSA) is 54.9 Å². The number of thiophene rings is 1. The van der Waals surface area contributed by atoms with E-state index < -0.39 is 5.69 Å². The summed E-state index contributed by atoms with van der Waals surface area (Å²) in [6, 6.07) is 11.6. The summed E-state index contributed by atoms with van der Waals surface area (Å²) >= 11 is 9.85. The van der Waals surface area contributed by atoms with Gasteiger partial charge < -0.3 is 0 Å². The van der Waals surface area contributed by atoms with Gasteiger partial charge in [0.25, 0.3) is 5.56 Å². The van der Waals surface area contributed by atoms with Crippen LogP contribution in [0.25, 0.3) is 20.7 Å². The fourth-order valence-corrected chi connectivity index (χ4v) is 3.55. The third kappa shape index (κ3) is 2.88. The van der Waals surface area contributed by atoms with Gasteiger partial charge in [-0.15, -0.1) is 11.3 Å². The molecule has 0 aliphatic carbocycles. The summed E-state index contributed by atoms with van der Waals surface area (Å²) in [4.78, 5) is 29.0. The van der Waals surface area contributed by atoms with Gasteiger partial charge in [-0.1, -0.05) is 30.3 Å². The number of aromatic amines is 1. The van der Waals surface area contributed by atoms with Crippen molar-refractivity contribution in [1.82, 2.24) is 9.55 Å². The van der Waals surface area contributed by atoms with Crippen LogP contribution in [0.3, 0.4) is 0 Å². The highest BCUT2D eigenvalue weighted by Gasteiger charge is 2.14. The zero-order valence-electron chi connectivity index (χ0n) is 11.5. The minimum absolute atomic E-state index is 0.146. The number of hydrogen-bond donors (Lipinski definition) is 3. The molecule has 2 heterocycles. The fraction of sp³-hybridized carbons (Fsp3) is 0.200. The van der Waals surface area contributed by atoms with Gasteiger partial charge in [0.05, 0.1) is 5.39 Å². The molecular weight excluding hydrogens is 336 g/mol. The van der Waals surface area contributed by atoms with E-state index >= 15 is 0 Å². The Bertz CT molecular complexity index is 912. The van der Waals surface area contributed by atoms with Crippen LogP contribution in [-0.2, 0) is 6.54 Å². The van der Waals surface area contributed by atoms with Crippen LogP contribution in [0.4, 0.5) is 0 Å². The molecule has 0 fully saturated rings. The monoisotopic (exact) mass is 350 g/mol. The number of aromatic nitrogens is 2. The summed E-state index contributed by atoms with van der Waals surface area (Å²) in [5, 5.41) is 0.384. The summed E-state index contributed by atoms with van der Waals surface area (Å²) in [5.41, 5.74) is 0.343. The van der Waals surface area contributed by atoms with Crippen molar-refractivity contribution in [3.05, 3.63) is 57.2 Å². The summed E-state index contributed by atoms with van der Waals surface area (Å²) < 4.78 is 1.19. The Morgan fingerprint density at radius 3 is 2.64 bits per heavy atom. The number of fused-ring (bicyclic) bond motifs is 1. The van der Waals surface area contributed by atoms with E-state index in [4.69, 9.17) is 0 Å². The second-order valence-electron chi connectivity index (χ2n) is 4.90. The second-order valence-corrected chi connectivity index (χ2v) is 7.05. The van der Waals surface area contributed by atoms with Gasteiger partial charge in [0, 0.05) is 22.4 Å². The molecule has 0 radical (unpaired) electrons. The molecule has 0 bridgehead atoms. The van der Waals surface area contributed by atoms with Gasteiger partial charge in [-0.25, -0.2) is 4.79 Å². The first-order valence-electron chi connectivity index (χ1n) is 6.71. The van der Waals surface area contributed by atoms with Crippen LogP contribution in [0.15, 0.2) is 46.0 Å². The molecule has 1 aromatic carbocycles. The van der Waals surface area contributed by atoms with Gasteiger partial charge in [-0.3, -0.25) is 14.3 Å². The lowest BCUT2D eigenvalue weighted by Gasteiger charge is -2.08. The molecule has 3 aromatic rings. The lowest BCUT2D eigenvalue weighted by Crippen LogP contribution is -2.37. The minimum atomic E-state index is -0.403. The summed E-state index contributed by atoms with van der Waals surface area (Å²) in [5.74, 6) is 0.492. The zero-order chi connectivity index (χ0) is 15.7. The van der Waals surface area contributed by atoms with E-state index in [1.807, 2.05) is 36.4 Å². The molecule has 7 heteroatoms. The standard InChI is InChI=1S/C15H14N2O2S3/c18-14-11-6-12(9-4-2-1-3-5-9)22-13(11)16-15(19)17(14)7-10(21)8-20/h1-6,10,20-21H,7-8H2,(H,16,19)/t10-/m1/s1. The Hall–Kier alpha value is -1.44. The van der Waals surface area contributed by atoms with E-state index in [9.17, 15) is 9.59 Å². The van der Waals surface area contributed by atoms with Gasteiger partial charge in [0.15, 0.2) is 0 Å². The Morgan fingerprint density at radius 1 is 1.23 bits per heavy atom. The average Bonchev–Trinajstić information content (AvgIpc) is 2.96. The first-order valence-corrected chi connectivity index (χ1v) is 8.67. The molecule has 0 spiro atoms.